The standard InChI is InChI=1S/C18H29ClN4.HI/c1-3-12-23-13-9-16(10-14-23)22-18(20-2)21-11-8-15-6-4-5-7-17(15)19;/h4-7,16H,3,8-14H2,1-2H3,(H2,20,21,22);1H. The van der Waals surface area contributed by atoms with E-state index < -0.39 is 0 Å². The van der Waals surface area contributed by atoms with Crippen LogP contribution >= 0.6 is 35.6 Å². The van der Waals surface area contributed by atoms with Crippen LogP contribution < -0.4 is 10.6 Å². The number of nitrogens with zero attached hydrogens (tertiary/aromatic N) is 2. The third kappa shape index (κ3) is 7.15. The number of benzene rings is 1. The zero-order chi connectivity index (χ0) is 16.5. The van der Waals surface area contributed by atoms with Gasteiger partial charge in [0, 0.05) is 37.7 Å². The third-order valence-corrected chi connectivity index (χ3v) is 4.71. The molecule has 6 heteroatoms. The van der Waals surface area contributed by atoms with Gasteiger partial charge in [-0.25, -0.2) is 0 Å². The predicted octanol–water partition coefficient (Wildman–Crippen LogP) is 3.54. The van der Waals surface area contributed by atoms with Crippen LogP contribution in [-0.2, 0) is 6.42 Å². The van der Waals surface area contributed by atoms with Crippen molar-refractivity contribution in [2.24, 2.45) is 4.99 Å². The first kappa shape index (κ1) is 21.5. The Kier molecular flexibility index (Phi) is 10.7. The lowest BCUT2D eigenvalue weighted by atomic mass is 10.1. The molecule has 1 heterocycles. The van der Waals surface area contributed by atoms with Crippen LogP contribution in [0.15, 0.2) is 29.3 Å². The van der Waals surface area contributed by atoms with Crippen molar-refractivity contribution in [3.8, 4) is 0 Å². The van der Waals surface area contributed by atoms with E-state index in [4.69, 9.17) is 11.6 Å². The largest absolute Gasteiger partial charge is 0.356 e. The van der Waals surface area contributed by atoms with Crippen molar-refractivity contribution >= 4 is 41.5 Å². The second-order valence-electron chi connectivity index (χ2n) is 6.10. The van der Waals surface area contributed by atoms with Gasteiger partial charge in [-0.3, -0.25) is 4.99 Å². The number of aliphatic imine (C=N–C) groups is 1. The van der Waals surface area contributed by atoms with Crippen molar-refractivity contribution in [2.45, 2.75) is 38.6 Å². The van der Waals surface area contributed by atoms with E-state index in [2.05, 4.69) is 33.5 Å². The fourth-order valence-electron chi connectivity index (χ4n) is 3.02. The van der Waals surface area contributed by atoms with Crippen molar-refractivity contribution in [1.82, 2.24) is 15.5 Å². The Morgan fingerprint density at radius 1 is 1.29 bits per heavy atom. The summed E-state index contributed by atoms with van der Waals surface area (Å²) in [5.41, 5.74) is 1.17. The number of piperidine rings is 1. The van der Waals surface area contributed by atoms with Crippen molar-refractivity contribution in [2.75, 3.05) is 33.2 Å². The Morgan fingerprint density at radius 3 is 2.62 bits per heavy atom. The number of guanidine groups is 1. The first-order valence-electron chi connectivity index (χ1n) is 8.66. The Bertz CT molecular complexity index is 502. The molecule has 136 valence electrons. The van der Waals surface area contributed by atoms with Crippen LogP contribution in [0.25, 0.3) is 0 Å². The normalized spacial score (nSPS) is 16.5. The Labute approximate surface area is 168 Å². The van der Waals surface area contributed by atoms with Gasteiger partial charge < -0.3 is 15.5 Å². The molecule has 0 unspecified atom stereocenters. The van der Waals surface area contributed by atoms with Crippen molar-refractivity contribution in [1.29, 1.82) is 0 Å². The molecule has 24 heavy (non-hydrogen) atoms. The average molecular weight is 465 g/mol. The van der Waals surface area contributed by atoms with Gasteiger partial charge in [-0.05, 0) is 43.9 Å². The SMILES string of the molecule is CCCN1CCC(NC(=NC)NCCc2ccccc2Cl)CC1.I. The number of hydrogen-bond donors (Lipinski definition) is 2. The fraction of sp³-hybridized carbons (Fsp3) is 0.611. The summed E-state index contributed by atoms with van der Waals surface area (Å²) in [6.45, 7) is 6.66. The maximum Gasteiger partial charge on any atom is 0.191 e. The molecular weight excluding hydrogens is 435 g/mol. The molecule has 1 aliphatic rings. The van der Waals surface area contributed by atoms with E-state index >= 15 is 0 Å². The Balaban J connectivity index is 0.00000288. The number of halogens is 2. The summed E-state index contributed by atoms with van der Waals surface area (Å²) in [4.78, 5) is 6.89. The fourth-order valence-corrected chi connectivity index (χ4v) is 3.25. The highest BCUT2D eigenvalue weighted by atomic mass is 127. The number of likely N-dealkylation sites (tertiary alicyclic amines) is 1. The molecule has 0 aliphatic carbocycles. The molecule has 0 atom stereocenters. The molecule has 0 saturated carbocycles. The van der Waals surface area contributed by atoms with Crippen molar-refractivity contribution in [3.05, 3.63) is 34.9 Å². The summed E-state index contributed by atoms with van der Waals surface area (Å²) < 4.78 is 0. The molecular formula is C18H30ClIN4. The molecule has 1 aromatic carbocycles. The van der Waals surface area contributed by atoms with E-state index in [9.17, 15) is 0 Å². The van der Waals surface area contributed by atoms with Crippen LogP contribution in [0.4, 0.5) is 0 Å². The molecule has 4 nitrogen and oxygen atoms in total. The van der Waals surface area contributed by atoms with Gasteiger partial charge in [0.25, 0.3) is 0 Å². The zero-order valence-corrected chi connectivity index (χ0v) is 17.8. The molecule has 1 fully saturated rings. The van der Waals surface area contributed by atoms with Crippen molar-refractivity contribution in [3.63, 3.8) is 0 Å². The quantitative estimate of drug-likeness (QED) is 0.384. The predicted molar refractivity (Wildman–Crippen MR) is 115 cm³/mol. The van der Waals surface area contributed by atoms with Crippen molar-refractivity contribution < 1.29 is 0 Å². The highest BCUT2D eigenvalue weighted by Gasteiger charge is 2.19. The molecule has 0 spiro atoms. The number of nitrogens with one attached hydrogen (secondary N) is 2. The second-order valence-corrected chi connectivity index (χ2v) is 6.51. The highest BCUT2D eigenvalue weighted by Crippen LogP contribution is 2.15. The summed E-state index contributed by atoms with van der Waals surface area (Å²) in [6.07, 6.45) is 4.51. The minimum atomic E-state index is 0. The average Bonchev–Trinajstić information content (AvgIpc) is 2.57. The minimum Gasteiger partial charge on any atom is -0.356 e. The Morgan fingerprint density at radius 2 is 2.00 bits per heavy atom. The first-order valence-corrected chi connectivity index (χ1v) is 9.03. The summed E-state index contributed by atoms with van der Waals surface area (Å²) in [7, 11) is 1.83. The molecule has 0 bridgehead atoms. The van der Waals surface area contributed by atoms with Crippen LogP contribution in [0.2, 0.25) is 5.02 Å². The zero-order valence-electron chi connectivity index (χ0n) is 14.7. The van der Waals surface area contributed by atoms with Gasteiger partial charge in [0.2, 0.25) is 0 Å². The lowest BCUT2D eigenvalue weighted by Crippen LogP contribution is -2.49. The second kappa shape index (κ2) is 11.9. The van der Waals surface area contributed by atoms with Crippen LogP contribution in [0.5, 0.6) is 0 Å². The van der Waals surface area contributed by atoms with Gasteiger partial charge >= 0.3 is 0 Å². The van der Waals surface area contributed by atoms with Gasteiger partial charge in [-0.2, -0.15) is 0 Å². The lowest BCUT2D eigenvalue weighted by Gasteiger charge is -2.32. The molecule has 0 aromatic heterocycles. The first-order chi connectivity index (χ1) is 11.2. The minimum absolute atomic E-state index is 0. The maximum absolute atomic E-state index is 6.19. The molecule has 2 rings (SSSR count). The van der Waals surface area contributed by atoms with Gasteiger partial charge in [-0.15, -0.1) is 24.0 Å². The van der Waals surface area contributed by atoms with E-state index in [0.717, 1.165) is 23.9 Å². The van der Waals surface area contributed by atoms with Gasteiger partial charge in [-0.1, -0.05) is 36.7 Å². The number of hydrogen-bond acceptors (Lipinski definition) is 2. The topological polar surface area (TPSA) is 39.7 Å². The summed E-state index contributed by atoms with van der Waals surface area (Å²) in [5, 5.41) is 7.78. The van der Waals surface area contributed by atoms with E-state index in [1.165, 1.54) is 44.5 Å². The van der Waals surface area contributed by atoms with Gasteiger partial charge in [0.15, 0.2) is 5.96 Å². The Hall–Kier alpha value is -0.530. The van der Waals surface area contributed by atoms with Crippen LogP contribution in [0.3, 0.4) is 0 Å². The molecule has 1 saturated heterocycles. The van der Waals surface area contributed by atoms with E-state index in [0.29, 0.717) is 6.04 Å². The number of rotatable bonds is 6. The molecule has 2 N–H and O–H groups in total. The van der Waals surface area contributed by atoms with E-state index in [-0.39, 0.29) is 24.0 Å². The van der Waals surface area contributed by atoms with Crippen LogP contribution in [0, 0.1) is 0 Å². The molecule has 1 aliphatic heterocycles. The summed E-state index contributed by atoms with van der Waals surface area (Å²) in [6, 6.07) is 8.52. The van der Waals surface area contributed by atoms with Crippen LogP contribution in [-0.4, -0.2) is 50.1 Å². The maximum atomic E-state index is 6.19. The summed E-state index contributed by atoms with van der Waals surface area (Å²) in [5.74, 6) is 0.894. The van der Waals surface area contributed by atoms with Crippen LogP contribution in [0.1, 0.15) is 31.7 Å². The van der Waals surface area contributed by atoms with E-state index in [1.807, 2.05) is 25.2 Å². The smallest absolute Gasteiger partial charge is 0.191 e. The third-order valence-electron chi connectivity index (χ3n) is 4.34. The van der Waals surface area contributed by atoms with E-state index in [1.54, 1.807) is 0 Å². The molecule has 0 amide bonds. The van der Waals surface area contributed by atoms with Gasteiger partial charge in [0.1, 0.15) is 0 Å². The summed E-state index contributed by atoms with van der Waals surface area (Å²) >= 11 is 6.19. The lowest BCUT2D eigenvalue weighted by molar-refractivity contribution is 0.206. The molecule has 0 radical (unpaired) electrons. The highest BCUT2D eigenvalue weighted by molar-refractivity contribution is 14.0. The van der Waals surface area contributed by atoms with Gasteiger partial charge in [0.05, 0.1) is 0 Å². The monoisotopic (exact) mass is 464 g/mol. The molecule has 1 aromatic rings.